The molecule has 2 aromatic carbocycles. The first kappa shape index (κ1) is 18.4. The zero-order valence-electron chi connectivity index (χ0n) is 16.3. The molecule has 1 aliphatic rings. The molecule has 1 atom stereocenters. The summed E-state index contributed by atoms with van der Waals surface area (Å²) in [5, 5.41) is 3.70. The fourth-order valence-corrected chi connectivity index (χ4v) is 3.85. The van der Waals surface area contributed by atoms with Crippen LogP contribution in [0.4, 0.5) is 4.39 Å². The van der Waals surface area contributed by atoms with E-state index in [9.17, 15) is 9.18 Å². The Morgan fingerprint density at radius 1 is 1.00 bits per heavy atom. The number of hydrogen-bond acceptors (Lipinski definition) is 3. The van der Waals surface area contributed by atoms with E-state index in [2.05, 4.69) is 15.3 Å². The Morgan fingerprint density at radius 2 is 1.77 bits per heavy atom. The number of amides is 1. The molecule has 1 aliphatic carbocycles. The highest BCUT2D eigenvalue weighted by Gasteiger charge is 2.34. The zero-order valence-corrected chi connectivity index (χ0v) is 16.3. The van der Waals surface area contributed by atoms with E-state index >= 15 is 0 Å². The van der Waals surface area contributed by atoms with Gasteiger partial charge in [0.25, 0.3) is 5.91 Å². The number of pyridine rings is 2. The molecule has 1 fully saturated rings. The number of carbonyl (C=O) groups excluding carboxylic acids is 1. The quantitative estimate of drug-likeness (QED) is 0.496. The molecular formula is C25H20FN3O. The Kier molecular flexibility index (Phi) is 4.71. The Bertz CT molecular complexity index is 1210. The molecule has 1 unspecified atom stereocenters. The van der Waals surface area contributed by atoms with Crippen LogP contribution in [0.2, 0.25) is 0 Å². The molecule has 148 valence electrons. The molecule has 1 saturated carbocycles. The molecule has 0 radical (unpaired) electrons. The summed E-state index contributed by atoms with van der Waals surface area (Å²) in [6.45, 7) is 0. The van der Waals surface area contributed by atoms with Crippen molar-refractivity contribution in [3.05, 3.63) is 96.1 Å². The Morgan fingerprint density at radius 3 is 2.50 bits per heavy atom. The van der Waals surface area contributed by atoms with E-state index in [1.165, 1.54) is 6.07 Å². The monoisotopic (exact) mass is 397 g/mol. The molecule has 1 amide bonds. The number of nitrogens with one attached hydrogen (secondary N) is 1. The maximum absolute atomic E-state index is 14.6. The van der Waals surface area contributed by atoms with Gasteiger partial charge in [-0.25, -0.2) is 9.37 Å². The summed E-state index contributed by atoms with van der Waals surface area (Å²) >= 11 is 0. The zero-order chi connectivity index (χ0) is 20.5. The van der Waals surface area contributed by atoms with Crippen molar-refractivity contribution in [1.82, 2.24) is 15.3 Å². The van der Waals surface area contributed by atoms with Crippen LogP contribution >= 0.6 is 0 Å². The van der Waals surface area contributed by atoms with Crippen LogP contribution in [-0.4, -0.2) is 15.9 Å². The molecule has 4 nitrogen and oxygen atoms in total. The predicted octanol–water partition coefficient (Wildman–Crippen LogP) is 5.32. The minimum Gasteiger partial charge on any atom is -0.345 e. The van der Waals surface area contributed by atoms with Crippen LogP contribution in [0.15, 0.2) is 79.1 Å². The number of fused-ring (bicyclic) bond motifs is 1. The highest BCUT2D eigenvalue weighted by molar-refractivity contribution is 6.07. The van der Waals surface area contributed by atoms with Gasteiger partial charge in [-0.05, 0) is 48.6 Å². The lowest BCUT2D eigenvalue weighted by molar-refractivity contribution is 0.0933. The second kappa shape index (κ2) is 7.67. The lowest BCUT2D eigenvalue weighted by Crippen LogP contribution is -2.30. The van der Waals surface area contributed by atoms with E-state index < -0.39 is 5.82 Å². The number of aromatic nitrogens is 2. The summed E-state index contributed by atoms with van der Waals surface area (Å²) in [6.07, 6.45) is 5.63. The van der Waals surface area contributed by atoms with Gasteiger partial charge in [-0.15, -0.1) is 0 Å². The molecule has 2 heterocycles. The number of halogens is 1. The average Bonchev–Trinajstić information content (AvgIpc) is 3.63. The lowest BCUT2D eigenvalue weighted by atomic mass is 10.0. The number of nitrogens with zero attached hydrogens (tertiary/aromatic N) is 2. The smallest absolute Gasteiger partial charge is 0.252 e. The Balaban J connectivity index is 1.59. The molecule has 0 saturated heterocycles. The van der Waals surface area contributed by atoms with E-state index in [1.807, 2.05) is 42.5 Å². The maximum atomic E-state index is 14.6. The number of benzene rings is 2. The minimum atomic E-state index is -0.438. The number of carbonyl (C=O) groups is 1. The van der Waals surface area contributed by atoms with E-state index in [0.717, 1.165) is 24.0 Å². The van der Waals surface area contributed by atoms with Gasteiger partial charge >= 0.3 is 0 Å². The minimum absolute atomic E-state index is 0.0857. The van der Waals surface area contributed by atoms with Gasteiger partial charge in [0, 0.05) is 23.3 Å². The predicted molar refractivity (Wildman–Crippen MR) is 114 cm³/mol. The molecule has 30 heavy (non-hydrogen) atoms. The summed E-state index contributed by atoms with van der Waals surface area (Å²) < 4.78 is 14.6. The van der Waals surface area contributed by atoms with E-state index in [0.29, 0.717) is 22.6 Å². The second-order valence-electron chi connectivity index (χ2n) is 7.63. The largest absolute Gasteiger partial charge is 0.345 e. The van der Waals surface area contributed by atoms with E-state index in [4.69, 9.17) is 0 Å². The van der Waals surface area contributed by atoms with Crippen LogP contribution in [0.25, 0.3) is 22.2 Å². The van der Waals surface area contributed by atoms with Crippen LogP contribution in [0.1, 0.15) is 34.8 Å². The summed E-state index contributed by atoms with van der Waals surface area (Å²) in [4.78, 5) is 22.0. The van der Waals surface area contributed by atoms with Gasteiger partial charge in [0.15, 0.2) is 0 Å². The van der Waals surface area contributed by atoms with Gasteiger partial charge in [0.05, 0.1) is 17.3 Å². The van der Waals surface area contributed by atoms with Crippen LogP contribution < -0.4 is 5.32 Å². The molecule has 5 heteroatoms. The van der Waals surface area contributed by atoms with Crippen LogP contribution in [0.3, 0.4) is 0 Å². The van der Waals surface area contributed by atoms with Crippen molar-refractivity contribution in [1.29, 1.82) is 0 Å². The van der Waals surface area contributed by atoms with Crippen molar-refractivity contribution < 1.29 is 9.18 Å². The molecule has 0 spiro atoms. The molecular weight excluding hydrogens is 377 g/mol. The number of rotatable bonds is 5. The van der Waals surface area contributed by atoms with Gasteiger partial charge in [0.1, 0.15) is 11.3 Å². The third-order valence-electron chi connectivity index (χ3n) is 5.55. The van der Waals surface area contributed by atoms with Crippen molar-refractivity contribution in [2.45, 2.75) is 18.9 Å². The Labute approximate surface area is 173 Å². The van der Waals surface area contributed by atoms with Gasteiger partial charge < -0.3 is 5.32 Å². The molecule has 4 aromatic rings. The topological polar surface area (TPSA) is 54.9 Å². The molecule has 1 N–H and O–H groups in total. The van der Waals surface area contributed by atoms with Crippen molar-refractivity contribution in [3.8, 4) is 11.3 Å². The molecule has 0 aliphatic heterocycles. The molecule has 2 aromatic heterocycles. The first-order valence-electron chi connectivity index (χ1n) is 10.1. The molecule has 0 bridgehead atoms. The standard InChI is InChI=1S/C25H20FN3O/c26-21-8-4-7-19-20(15-22(28-24(19)21)16-5-2-1-3-6-16)25(30)29-23(17-9-10-17)18-11-13-27-14-12-18/h1-8,11-15,17,23H,9-10H2,(H,29,30). The fourth-order valence-electron chi connectivity index (χ4n) is 3.85. The van der Waals surface area contributed by atoms with Gasteiger partial charge in [-0.2, -0.15) is 0 Å². The van der Waals surface area contributed by atoms with Crippen molar-refractivity contribution in [3.63, 3.8) is 0 Å². The summed E-state index contributed by atoms with van der Waals surface area (Å²) in [6, 6.07) is 19.8. The first-order chi connectivity index (χ1) is 14.7. The van der Waals surface area contributed by atoms with Crippen molar-refractivity contribution >= 4 is 16.8 Å². The SMILES string of the molecule is O=C(NC(c1ccncc1)C1CC1)c1cc(-c2ccccc2)nc2c(F)cccc12. The second-order valence-corrected chi connectivity index (χ2v) is 7.63. The lowest BCUT2D eigenvalue weighted by Gasteiger charge is -2.19. The Hall–Kier alpha value is -3.60. The fraction of sp³-hybridized carbons (Fsp3) is 0.160. The van der Waals surface area contributed by atoms with Crippen LogP contribution in [0, 0.1) is 11.7 Å². The maximum Gasteiger partial charge on any atom is 0.252 e. The normalized spacial score (nSPS) is 14.4. The summed E-state index contributed by atoms with van der Waals surface area (Å²) in [5.74, 6) is -0.249. The van der Waals surface area contributed by atoms with E-state index in [-0.39, 0.29) is 17.5 Å². The average molecular weight is 397 g/mol. The van der Waals surface area contributed by atoms with Crippen molar-refractivity contribution in [2.24, 2.45) is 5.92 Å². The first-order valence-corrected chi connectivity index (χ1v) is 10.1. The summed E-state index contributed by atoms with van der Waals surface area (Å²) in [7, 11) is 0. The van der Waals surface area contributed by atoms with Gasteiger partial charge in [-0.3, -0.25) is 9.78 Å². The van der Waals surface area contributed by atoms with Gasteiger partial charge in [0.2, 0.25) is 0 Å². The van der Waals surface area contributed by atoms with Crippen molar-refractivity contribution in [2.75, 3.05) is 0 Å². The highest BCUT2D eigenvalue weighted by Crippen LogP contribution is 2.41. The number of hydrogen-bond donors (Lipinski definition) is 1. The number of para-hydroxylation sites is 1. The van der Waals surface area contributed by atoms with Gasteiger partial charge in [-0.1, -0.05) is 42.5 Å². The third-order valence-corrected chi connectivity index (χ3v) is 5.55. The molecule has 5 rings (SSSR count). The van der Waals surface area contributed by atoms with E-state index in [1.54, 1.807) is 30.6 Å². The van der Waals surface area contributed by atoms with Crippen LogP contribution in [0.5, 0.6) is 0 Å². The highest BCUT2D eigenvalue weighted by atomic mass is 19.1. The summed E-state index contributed by atoms with van der Waals surface area (Å²) in [5.41, 5.74) is 3.08. The van der Waals surface area contributed by atoms with Crippen LogP contribution in [-0.2, 0) is 0 Å². The third kappa shape index (κ3) is 3.54.